The van der Waals surface area contributed by atoms with Gasteiger partial charge in [0.1, 0.15) is 5.75 Å². The topological polar surface area (TPSA) is 58.6 Å². The van der Waals surface area contributed by atoms with Crippen LogP contribution in [0.25, 0.3) is 0 Å². The molecule has 110 valence electrons. The number of anilines is 1. The van der Waals surface area contributed by atoms with Gasteiger partial charge >= 0.3 is 0 Å². The zero-order valence-corrected chi connectivity index (χ0v) is 12.5. The van der Waals surface area contributed by atoms with Crippen molar-refractivity contribution < 1.29 is 14.3 Å². The van der Waals surface area contributed by atoms with Gasteiger partial charge in [0.15, 0.2) is 6.61 Å². The highest BCUT2D eigenvalue weighted by Gasteiger charge is 2.07. The van der Waals surface area contributed by atoms with Crippen molar-refractivity contribution in [1.82, 2.24) is 4.90 Å². The molecular weight excluding hydrogens is 256 g/mol. The molecule has 0 radical (unpaired) electrons. The highest BCUT2D eigenvalue weighted by Crippen LogP contribution is 2.16. The molecule has 0 bridgehead atoms. The lowest BCUT2D eigenvalue weighted by molar-refractivity contribution is -0.130. The molecule has 2 amide bonds. The van der Waals surface area contributed by atoms with Crippen LogP contribution in [0.4, 0.5) is 5.69 Å². The van der Waals surface area contributed by atoms with Crippen molar-refractivity contribution in [3.05, 3.63) is 24.3 Å². The summed E-state index contributed by atoms with van der Waals surface area (Å²) in [5.41, 5.74) is 0.724. The van der Waals surface area contributed by atoms with Crippen LogP contribution >= 0.6 is 0 Å². The molecule has 0 fully saturated rings. The van der Waals surface area contributed by atoms with Crippen LogP contribution in [0.5, 0.6) is 5.75 Å². The Balaban J connectivity index is 2.48. The molecule has 1 aromatic rings. The molecule has 0 unspecified atom stereocenters. The zero-order valence-electron chi connectivity index (χ0n) is 12.5. The van der Waals surface area contributed by atoms with E-state index in [0.717, 1.165) is 5.69 Å². The fourth-order valence-electron chi connectivity index (χ4n) is 1.49. The van der Waals surface area contributed by atoms with E-state index < -0.39 is 0 Å². The zero-order chi connectivity index (χ0) is 15.1. The molecule has 1 rings (SSSR count). The number of benzene rings is 1. The Morgan fingerprint density at radius 1 is 1.20 bits per heavy atom. The van der Waals surface area contributed by atoms with E-state index in [9.17, 15) is 9.59 Å². The average molecular weight is 278 g/mol. The normalized spacial score (nSPS) is 10.2. The molecule has 0 saturated heterocycles. The molecule has 5 heteroatoms. The number of hydrogen-bond acceptors (Lipinski definition) is 3. The number of rotatable bonds is 6. The third-order valence-corrected chi connectivity index (χ3v) is 2.59. The predicted octanol–water partition coefficient (Wildman–Crippen LogP) is 2.14. The summed E-state index contributed by atoms with van der Waals surface area (Å²) in [4.78, 5) is 24.5. The second kappa shape index (κ2) is 7.53. The highest BCUT2D eigenvalue weighted by molar-refractivity contribution is 5.90. The van der Waals surface area contributed by atoms with Crippen LogP contribution < -0.4 is 10.1 Å². The van der Waals surface area contributed by atoms with Crippen molar-refractivity contribution in [3.63, 3.8) is 0 Å². The summed E-state index contributed by atoms with van der Waals surface area (Å²) in [6, 6.07) is 6.98. The quantitative estimate of drug-likeness (QED) is 0.867. The molecule has 0 aromatic heterocycles. The molecule has 0 atom stereocenters. The van der Waals surface area contributed by atoms with Crippen LogP contribution in [0.2, 0.25) is 0 Å². The van der Waals surface area contributed by atoms with Gasteiger partial charge in [0.2, 0.25) is 5.91 Å². The number of carbonyl (C=O) groups excluding carboxylic acids is 2. The van der Waals surface area contributed by atoms with E-state index in [4.69, 9.17) is 4.74 Å². The van der Waals surface area contributed by atoms with Crippen molar-refractivity contribution in [1.29, 1.82) is 0 Å². The first-order valence-electron chi connectivity index (χ1n) is 6.61. The third-order valence-electron chi connectivity index (χ3n) is 2.59. The van der Waals surface area contributed by atoms with Crippen molar-refractivity contribution in [2.24, 2.45) is 5.92 Å². The van der Waals surface area contributed by atoms with Gasteiger partial charge in [-0.05, 0) is 30.2 Å². The summed E-state index contributed by atoms with van der Waals surface area (Å²) >= 11 is 0. The minimum absolute atomic E-state index is 0.00328. The Bertz CT molecular complexity index is 453. The van der Waals surface area contributed by atoms with E-state index >= 15 is 0 Å². The standard InChI is InChI=1S/C15H22N2O3/c1-11(2)9-14(18)16-12-5-7-13(8-6-12)20-10-15(19)17(3)4/h5-8,11H,9-10H2,1-4H3,(H,16,18). The largest absolute Gasteiger partial charge is 0.484 e. The van der Waals surface area contributed by atoms with E-state index in [1.165, 1.54) is 4.90 Å². The lowest BCUT2D eigenvalue weighted by Gasteiger charge is -2.12. The molecule has 20 heavy (non-hydrogen) atoms. The van der Waals surface area contributed by atoms with Crippen LogP contribution in [0, 0.1) is 5.92 Å². The monoisotopic (exact) mass is 278 g/mol. The minimum Gasteiger partial charge on any atom is -0.484 e. The molecule has 0 spiro atoms. The van der Waals surface area contributed by atoms with E-state index in [-0.39, 0.29) is 18.4 Å². The summed E-state index contributed by atoms with van der Waals surface area (Å²) in [5.74, 6) is 0.826. The van der Waals surface area contributed by atoms with Crippen LogP contribution in [0.3, 0.4) is 0 Å². The summed E-state index contributed by atoms with van der Waals surface area (Å²) in [5, 5.41) is 2.81. The van der Waals surface area contributed by atoms with Gasteiger partial charge in [0.05, 0.1) is 0 Å². The van der Waals surface area contributed by atoms with Gasteiger partial charge < -0.3 is 15.0 Å². The minimum atomic E-state index is -0.0979. The Hall–Kier alpha value is -2.04. The summed E-state index contributed by atoms with van der Waals surface area (Å²) in [7, 11) is 3.36. The van der Waals surface area contributed by atoms with E-state index in [2.05, 4.69) is 5.32 Å². The molecular formula is C15H22N2O3. The summed E-state index contributed by atoms with van der Waals surface area (Å²) in [6.07, 6.45) is 0.496. The predicted molar refractivity (Wildman–Crippen MR) is 78.7 cm³/mol. The number of ether oxygens (including phenoxy) is 1. The maximum atomic E-state index is 11.6. The van der Waals surface area contributed by atoms with Gasteiger partial charge in [0, 0.05) is 26.2 Å². The Labute approximate surface area is 119 Å². The van der Waals surface area contributed by atoms with Gasteiger partial charge in [-0.15, -0.1) is 0 Å². The lowest BCUT2D eigenvalue weighted by Crippen LogP contribution is -2.27. The van der Waals surface area contributed by atoms with Crippen LogP contribution in [-0.2, 0) is 9.59 Å². The number of hydrogen-bond donors (Lipinski definition) is 1. The molecule has 0 aliphatic rings. The molecule has 0 heterocycles. The van der Waals surface area contributed by atoms with Crippen LogP contribution in [0.1, 0.15) is 20.3 Å². The highest BCUT2D eigenvalue weighted by atomic mass is 16.5. The van der Waals surface area contributed by atoms with Crippen molar-refractivity contribution >= 4 is 17.5 Å². The Morgan fingerprint density at radius 3 is 2.30 bits per heavy atom. The van der Waals surface area contributed by atoms with Crippen molar-refractivity contribution in [3.8, 4) is 5.75 Å². The first-order chi connectivity index (χ1) is 9.38. The number of carbonyl (C=O) groups is 2. The fraction of sp³-hybridized carbons (Fsp3) is 0.467. The smallest absolute Gasteiger partial charge is 0.259 e. The third kappa shape index (κ3) is 5.73. The number of likely N-dealkylation sites (N-methyl/N-ethyl adjacent to an activating group) is 1. The Kier molecular flexibility index (Phi) is 6.03. The number of amides is 2. The Morgan fingerprint density at radius 2 is 1.80 bits per heavy atom. The van der Waals surface area contributed by atoms with Crippen LogP contribution in [0.15, 0.2) is 24.3 Å². The molecule has 0 aliphatic carbocycles. The second-order valence-corrected chi connectivity index (χ2v) is 5.25. The second-order valence-electron chi connectivity index (χ2n) is 5.25. The summed E-state index contributed by atoms with van der Waals surface area (Å²) in [6.45, 7) is 4.00. The fourth-order valence-corrected chi connectivity index (χ4v) is 1.49. The van der Waals surface area contributed by atoms with Gasteiger partial charge in [-0.1, -0.05) is 13.8 Å². The molecule has 0 saturated carbocycles. The molecule has 0 aliphatic heterocycles. The molecule has 1 N–H and O–H groups in total. The maximum absolute atomic E-state index is 11.6. The van der Waals surface area contributed by atoms with E-state index in [0.29, 0.717) is 18.1 Å². The number of nitrogens with zero attached hydrogens (tertiary/aromatic N) is 1. The molecule has 5 nitrogen and oxygen atoms in total. The van der Waals surface area contributed by atoms with E-state index in [1.54, 1.807) is 38.4 Å². The van der Waals surface area contributed by atoms with Crippen molar-refractivity contribution in [2.75, 3.05) is 26.0 Å². The maximum Gasteiger partial charge on any atom is 0.259 e. The summed E-state index contributed by atoms with van der Waals surface area (Å²) < 4.78 is 5.35. The van der Waals surface area contributed by atoms with Gasteiger partial charge in [0.25, 0.3) is 5.91 Å². The SMILES string of the molecule is CC(C)CC(=O)Nc1ccc(OCC(=O)N(C)C)cc1. The first kappa shape index (κ1) is 16.0. The average Bonchev–Trinajstić information content (AvgIpc) is 2.36. The number of nitrogens with one attached hydrogen (secondary N) is 1. The first-order valence-corrected chi connectivity index (χ1v) is 6.61. The lowest BCUT2D eigenvalue weighted by atomic mass is 10.1. The van der Waals surface area contributed by atoms with E-state index in [1.807, 2.05) is 13.8 Å². The molecule has 1 aromatic carbocycles. The van der Waals surface area contributed by atoms with Gasteiger partial charge in [-0.2, -0.15) is 0 Å². The van der Waals surface area contributed by atoms with Gasteiger partial charge in [-0.3, -0.25) is 9.59 Å². The van der Waals surface area contributed by atoms with Gasteiger partial charge in [-0.25, -0.2) is 0 Å². The van der Waals surface area contributed by atoms with Crippen LogP contribution in [-0.4, -0.2) is 37.4 Å². The van der Waals surface area contributed by atoms with Crippen molar-refractivity contribution in [2.45, 2.75) is 20.3 Å².